The Bertz CT molecular complexity index is 787. The highest BCUT2D eigenvalue weighted by atomic mass is 16.5. The molecule has 3 heteroatoms. The molecule has 2 saturated carbocycles. The number of esters is 1. The lowest BCUT2D eigenvalue weighted by Gasteiger charge is -2.28. The van der Waals surface area contributed by atoms with Gasteiger partial charge in [-0.15, -0.1) is 0 Å². The standard InChI is InChI=1S/C24H29NO2/c1-16(2)15-25(22-10-8-19(9-11-22)24(26)27-3)23-13-20(17-4-5-17)12-21(14-23)18-6-7-18/h8-14,16-18H,4-7,15H2,1-3H3. The van der Waals surface area contributed by atoms with Crippen LogP contribution in [0.5, 0.6) is 0 Å². The van der Waals surface area contributed by atoms with E-state index in [-0.39, 0.29) is 5.97 Å². The van der Waals surface area contributed by atoms with Gasteiger partial charge in [-0.3, -0.25) is 0 Å². The Balaban J connectivity index is 1.70. The molecule has 0 unspecified atom stereocenters. The van der Waals surface area contributed by atoms with Gasteiger partial charge in [0.05, 0.1) is 12.7 Å². The van der Waals surface area contributed by atoms with Crippen LogP contribution >= 0.6 is 0 Å². The van der Waals surface area contributed by atoms with Gasteiger partial charge in [-0.1, -0.05) is 19.9 Å². The molecule has 4 rings (SSSR count). The fraction of sp³-hybridized carbons (Fsp3) is 0.458. The van der Waals surface area contributed by atoms with Gasteiger partial charge in [-0.2, -0.15) is 0 Å². The number of nitrogens with zero attached hydrogens (tertiary/aromatic N) is 1. The SMILES string of the molecule is COC(=O)c1ccc(N(CC(C)C)c2cc(C3CC3)cc(C3CC3)c2)cc1. The Kier molecular flexibility index (Phi) is 4.94. The van der Waals surface area contributed by atoms with Gasteiger partial charge in [0.15, 0.2) is 0 Å². The molecule has 0 heterocycles. The Hall–Kier alpha value is -2.29. The van der Waals surface area contributed by atoms with Gasteiger partial charge in [-0.05, 0) is 91.0 Å². The van der Waals surface area contributed by atoms with Crippen LogP contribution in [0.25, 0.3) is 0 Å². The number of hydrogen-bond acceptors (Lipinski definition) is 3. The minimum Gasteiger partial charge on any atom is -0.465 e. The highest BCUT2D eigenvalue weighted by Crippen LogP contribution is 2.47. The molecule has 27 heavy (non-hydrogen) atoms. The van der Waals surface area contributed by atoms with E-state index in [1.807, 2.05) is 24.3 Å². The maximum Gasteiger partial charge on any atom is 0.337 e. The molecule has 0 bridgehead atoms. The molecule has 0 spiro atoms. The molecule has 0 N–H and O–H groups in total. The quantitative estimate of drug-likeness (QED) is 0.563. The molecule has 0 radical (unpaired) electrons. The smallest absolute Gasteiger partial charge is 0.337 e. The lowest BCUT2D eigenvalue weighted by Crippen LogP contribution is -2.22. The number of ether oxygens (including phenoxy) is 1. The first-order valence-corrected chi connectivity index (χ1v) is 10.2. The zero-order chi connectivity index (χ0) is 19.0. The predicted molar refractivity (Wildman–Crippen MR) is 110 cm³/mol. The Labute approximate surface area is 162 Å². The van der Waals surface area contributed by atoms with Gasteiger partial charge in [0.1, 0.15) is 0 Å². The van der Waals surface area contributed by atoms with Crippen LogP contribution in [0, 0.1) is 5.92 Å². The van der Waals surface area contributed by atoms with E-state index in [0.29, 0.717) is 11.5 Å². The van der Waals surface area contributed by atoms with Crippen molar-refractivity contribution in [1.29, 1.82) is 0 Å². The van der Waals surface area contributed by atoms with Crippen LogP contribution in [0.15, 0.2) is 42.5 Å². The lowest BCUT2D eigenvalue weighted by atomic mass is 10.0. The van der Waals surface area contributed by atoms with E-state index < -0.39 is 0 Å². The first kappa shape index (κ1) is 18.1. The van der Waals surface area contributed by atoms with Crippen LogP contribution in [0.3, 0.4) is 0 Å². The molecule has 2 fully saturated rings. The molecule has 0 atom stereocenters. The molecule has 2 aromatic rings. The zero-order valence-corrected chi connectivity index (χ0v) is 16.6. The van der Waals surface area contributed by atoms with E-state index in [0.717, 1.165) is 24.1 Å². The fourth-order valence-corrected chi connectivity index (χ4v) is 3.74. The summed E-state index contributed by atoms with van der Waals surface area (Å²) in [4.78, 5) is 14.2. The predicted octanol–water partition coefficient (Wildman–Crippen LogP) is 6.02. The minimum absolute atomic E-state index is 0.288. The van der Waals surface area contributed by atoms with Gasteiger partial charge < -0.3 is 9.64 Å². The molecule has 0 amide bonds. The molecular weight excluding hydrogens is 334 g/mol. The highest BCUT2D eigenvalue weighted by Gasteiger charge is 2.29. The van der Waals surface area contributed by atoms with Crippen molar-refractivity contribution in [1.82, 2.24) is 0 Å². The Morgan fingerprint density at radius 1 is 0.963 bits per heavy atom. The largest absolute Gasteiger partial charge is 0.465 e. The molecule has 3 nitrogen and oxygen atoms in total. The number of carbonyl (C=O) groups is 1. The summed E-state index contributed by atoms with van der Waals surface area (Å²) in [6, 6.07) is 15.0. The normalized spacial score (nSPS) is 16.4. The first-order valence-electron chi connectivity index (χ1n) is 10.2. The van der Waals surface area contributed by atoms with Gasteiger partial charge in [-0.25, -0.2) is 4.79 Å². The summed E-state index contributed by atoms with van der Waals surface area (Å²) in [7, 11) is 1.42. The lowest BCUT2D eigenvalue weighted by molar-refractivity contribution is 0.0601. The van der Waals surface area contributed by atoms with E-state index in [1.54, 1.807) is 0 Å². The second-order valence-electron chi connectivity index (χ2n) is 8.45. The third-order valence-electron chi connectivity index (χ3n) is 5.52. The molecule has 0 aromatic heterocycles. The van der Waals surface area contributed by atoms with Crippen molar-refractivity contribution in [2.24, 2.45) is 5.92 Å². The van der Waals surface area contributed by atoms with Gasteiger partial charge in [0, 0.05) is 17.9 Å². The summed E-state index contributed by atoms with van der Waals surface area (Å²) in [5.74, 6) is 1.76. The van der Waals surface area contributed by atoms with Crippen molar-refractivity contribution in [3.63, 3.8) is 0 Å². The van der Waals surface area contributed by atoms with E-state index in [9.17, 15) is 4.79 Å². The molecule has 142 valence electrons. The fourth-order valence-electron chi connectivity index (χ4n) is 3.74. The average molecular weight is 364 g/mol. The number of benzene rings is 2. The molecule has 2 aromatic carbocycles. The number of rotatable bonds is 7. The number of hydrogen-bond donors (Lipinski definition) is 0. The highest BCUT2D eigenvalue weighted by molar-refractivity contribution is 5.89. The van der Waals surface area contributed by atoms with Gasteiger partial charge in [0.2, 0.25) is 0 Å². The summed E-state index contributed by atoms with van der Waals surface area (Å²) in [6.07, 6.45) is 5.30. The van der Waals surface area contributed by atoms with E-state index in [1.165, 1.54) is 49.6 Å². The third-order valence-corrected chi connectivity index (χ3v) is 5.52. The van der Waals surface area contributed by atoms with Crippen molar-refractivity contribution in [2.75, 3.05) is 18.6 Å². The Morgan fingerprint density at radius 2 is 1.52 bits per heavy atom. The van der Waals surface area contributed by atoms with Crippen LogP contribution in [0.2, 0.25) is 0 Å². The average Bonchev–Trinajstić information content (AvgIpc) is 3.57. The van der Waals surface area contributed by atoms with Crippen molar-refractivity contribution in [3.8, 4) is 0 Å². The topological polar surface area (TPSA) is 29.5 Å². The summed E-state index contributed by atoms with van der Waals surface area (Å²) < 4.78 is 4.83. The summed E-state index contributed by atoms with van der Waals surface area (Å²) in [5, 5.41) is 0. The monoisotopic (exact) mass is 363 g/mol. The first-order chi connectivity index (χ1) is 13.0. The second-order valence-corrected chi connectivity index (χ2v) is 8.45. The second kappa shape index (κ2) is 7.38. The maximum atomic E-state index is 11.8. The van der Waals surface area contributed by atoms with Crippen LogP contribution in [0.1, 0.15) is 72.9 Å². The van der Waals surface area contributed by atoms with Crippen LogP contribution < -0.4 is 4.90 Å². The zero-order valence-electron chi connectivity index (χ0n) is 16.6. The van der Waals surface area contributed by atoms with Crippen LogP contribution in [-0.2, 0) is 4.74 Å². The van der Waals surface area contributed by atoms with E-state index in [2.05, 4.69) is 36.9 Å². The van der Waals surface area contributed by atoms with E-state index >= 15 is 0 Å². The van der Waals surface area contributed by atoms with Crippen molar-refractivity contribution < 1.29 is 9.53 Å². The molecule has 2 aliphatic rings. The van der Waals surface area contributed by atoms with Crippen LogP contribution in [-0.4, -0.2) is 19.6 Å². The molecular formula is C24H29NO2. The molecule has 2 aliphatic carbocycles. The molecule has 0 aliphatic heterocycles. The van der Waals surface area contributed by atoms with Crippen molar-refractivity contribution in [3.05, 3.63) is 59.2 Å². The summed E-state index contributed by atoms with van der Waals surface area (Å²) >= 11 is 0. The molecule has 0 saturated heterocycles. The van der Waals surface area contributed by atoms with Crippen molar-refractivity contribution >= 4 is 17.3 Å². The van der Waals surface area contributed by atoms with Crippen molar-refractivity contribution in [2.45, 2.75) is 51.4 Å². The number of carbonyl (C=O) groups excluding carboxylic acids is 1. The van der Waals surface area contributed by atoms with Crippen LogP contribution in [0.4, 0.5) is 11.4 Å². The summed E-state index contributed by atoms with van der Waals surface area (Å²) in [6.45, 7) is 5.46. The maximum absolute atomic E-state index is 11.8. The van der Waals surface area contributed by atoms with Gasteiger partial charge >= 0.3 is 5.97 Å². The number of methoxy groups -OCH3 is 1. The number of anilines is 2. The van der Waals surface area contributed by atoms with Gasteiger partial charge in [0.25, 0.3) is 0 Å². The summed E-state index contributed by atoms with van der Waals surface area (Å²) in [5.41, 5.74) is 6.03. The third kappa shape index (κ3) is 4.18. The minimum atomic E-state index is -0.288. The Morgan fingerprint density at radius 3 is 1.96 bits per heavy atom. The van der Waals surface area contributed by atoms with E-state index in [4.69, 9.17) is 4.74 Å².